The second kappa shape index (κ2) is 9.05. The van der Waals surface area contributed by atoms with E-state index in [1.54, 1.807) is 24.3 Å². The van der Waals surface area contributed by atoms with E-state index >= 15 is 0 Å². The minimum Gasteiger partial charge on any atom is -0.489 e. The van der Waals surface area contributed by atoms with Crippen LogP contribution in [-0.2, 0) is 12.8 Å². The van der Waals surface area contributed by atoms with Gasteiger partial charge in [0.2, 0.25) is 0 Å². The summed E-state index contributed by atoms with van der Waals surface area (Å²) in [6.45, 7) is 3.41. The molecule has 176 valence electrons. The van der Waals surface area contributed by atoms with E-state index in [1.807, 2.05) is 26.0 Å². The van der Waals surface area contributed by atoms with Crippen LogP contribution >= 0.6 is 0 Å². The smallest absolute Gasteiger partial charge is 0.416 e. The van der Waals surface area contributed by atoms with Gasteiger partial charge in [-0.2, -0.15) is 18.3 Å². The first kappa shape index (κ1) is 23.1. The topological polar surface area (TPSA) is 79.0 Å². The molecule has 10 heteroatoms. The number of carbonyl (C=O) groups is 1. The molecule has 4 rings (SSSR count). The molecule has 0 aliphatic rings. The second-order valence-corrected chi connectivity index (χ2v) is 7.77. The van der Waals surface area contributed by atoms with Crippen LogP contribution in [0.3, 0.4) is 0 Å². The molecule has 4 aromatic rings. The molecule has 1 heterocycles. The third-order valence-corrected chi connectivity index (χ3v) is 5.17. The number of aromatic nitrogens is 2. The molecule has 0 saturated carbocycles. The van der Waals surface area contributed by atoms with Crippen molar-refractivity contribution in [1.29, 1.82) is 0 Å². The second-order valence-electron chi connectivity index (χ2n) is 7.77. The summed E-state index contributed by atoms with van der Waals surface area (Å²) >= 11 is 0. The highest BCUT2D eigenvalue weighted by atomic mass is 19.4. The zero-order valence-electron chi connectivity index (χ0n) is 18.2. The standard InChI is InChI=1S/C24H20F4N4O2/c1-13-3-7-20(14(2)9-13)29-23(33)30-22-18-11-17(6-8-21(18)31-32-22)34-12-15-4-5-16(25)10-19(15)24(26,27)28/h3-11H,12H2,1-2H3,(H3,29,30,31,32,33). The number of carbonyl (C=O) groups excluding carboxylic acids is 1. The summed E-state index contributed by atoms with van der Waals surface area (Å²) in [5.41, 5.74) is 1.90. The van der Waals surface area contributed by atoms with Gasteiger partial charge in [-0.1, -0.05) is 23.8 Å². The fourth-order valence-electron chi connectivity index (χ4n) is 3.49. The Balaban J connectivity index is 1.50. The number of hydrogen-bond acceptors (Lipinski definition) is 3. The Hall–Kier alpha value is -4.08. The van der Waals surface area contributed by atoms with Crippen LogP contribution in [0, 0.1) is 19.7 Å². The zero-order chi connectivity index (χ0) is 24.5. The van der Waals surface area contributed by atoms with E-state index in [9.17, 15) is 22.4 Å². The predicted molar refractivity (Wildman–Crippen MR) is 120 cm³/mol. The van der Waals surface area contributed by atoms with Gasteiger partial charge >= 0.3 is 12.2 Å². The number of hydrogen-bond donors (Lipinski definition) is 3. The number of amides is 2. The van der Waals surface area contributed by atoms with Crippen molar-refractivity contribution in [3.63, 3.8) is 0 Å². The predicted octanol–water partition coefficient (Wildman–Crippen LogP) is 6.56. The van der Waals surface area contributed by atoms with E-state index in [1.165, 1.54) is 0 Å². The Kier molecular flexibility index (Phi) is 6.14. The molecular formula is C24H20F4N4O2. The number of nitrogens with one attached hydrogen (secondary N) is 3. The van der Waals surface area contributed by atoms with E-state index < -0.39 is 30.2 Å². The van der Waals surface area contributed by atoms with Gasteiger partial charge in [-0.25, -0.2) is 9.18 Å². The van der Waals surface area contributed by atoms with E-state index in [2.05, 4.69) is 20.8 Å². The van der Waals surface area contributed by atoms with Crippen LogP contribution < -0.4 is 15.4 Å². The molecule has 3 aromatic carbocycles. The Morgan fingerprint density at radius 3 is 2.56 bits per heavy atom. The average Bonchev–Trinajstić information content (AvgIpc) is 3.16. The number of ether oxygens (including phenoxy) is 1. The number of rotatable bonds is 5. The van der Waals surface area contributed by atoms with Gasteiger partial charge in [-0.15, -0.1) is 0 Å². The molecule has 0 unspecified atom stereocenters. The highest BCUT2D eigenvalue weighted by Crippen LogP contribution is 2.33. The normalized spacial score (nSPS) is 11.5. The van der Waals surface area contributed by atoms with Gasteiger partial charge in [-0.05, 0) is 55.8 Å². The van der Waals surface area contributed by atoms with Crippen LogP contribution in [0.2, 0.25) is 0 Å². The van der Waals surface area contributed by atoms with Crippen LogP contribution in [0.25, 0.3) is 10.9 Å². The number of fused-ring (bicyclic) bond motifs is 1. The number of nitrogens with zero attached hydrogens (tertiary/aromatic N) is 1. The maximum absolute atomic E-state index is 13.3. The summed E-state index contributed by atoms with van der Waals surface area (Å²) in [4.78, 5) is 12.5. The van der Waals surface area contributed by atoms with Crippen molar-refractivity contribution in [2.45, 2.75) is 26.6 Å². The van der Waals surface area contributed by atoms with Crippen LogP contribution in [0.15, 0.2) is 54.6 Å². The van der Waals surface area contributed by atoms with Gasteiger partial charge in [0.15, 0.2) is 5.82 Å². The first-order valence-electron chi connectivity index (χ1n) is 10.2. The lowest BCUT2D eigenvalue weighted by molar-refractivity contribution is -0.138. The number of H-pyrrole nitrogens is 1. The lowest BCUT2D eigenvalue weighted by Crippen LogP contribution is -2.20. The molecule has 0 aliphatic carbocycles. The molecule has 0 aliphatic heterocycles. The van der Waals surface area contributed by atoms with E-state index in [0.29, 0.717) is 22.7 Å². The molecule has 0 saturated heterocycles. The molecule has 6 nitrogen and oxygen atoms in total. The highest BCUT2D eigenvalue weighted by Gasteiger charge is 2.33. The Labute approximate surface area is 191 Å². The van der Waals surface area contributed by atoms with Gasteiger partial charge in [0.05, 0.1) is 11.1 Å². The summed E-state index contributed by atoms with van der Waals surface area (Å²) in [6, 6.07) is 12.3. The summed E-state index contributed by atoms with van der Waals surface area (Å²) in [5.74, 6) is -0.504. The average molecular weight is 472 g/mol. The molecule has 1 aromatic heterocycles. The van der Waals surface area contributed by atoms with Crippen LogP contribution in [0.1, 0.15) is 22.3 Å². The lowest BCUT2D eigenvalue weighted by atomic mass is 10.1. The molecule has 2 amide bonds. The summed E-state index contributed by atoms with van der Waals surface area (Å²) < 4.78 is 58.5. The number of aryl methyl sites for hydroxylation is 2. The van der Waals surface area contributed by atoms with Crippen molar-refractivity contribution in [3.05, 3.63) is 82.7 Å². The van der Waals surface area contributed by atoms with Crippen LogP contribution in [0.5, 0.6) is 5.75 Å². The summed E-state index contributed by atoms with van der Waals surface area (Å²) in [6.07, 6.45) is -4.71. The number of benzene rings is 3. The lowest BCUT2D eigenvalue weighted by Gasteiger charge is -2.14. The van der Waals surface area contributed by atoms with Crippen molar-refractivity contribution in [3.8, 4) is 5.75 Å². The summed E-state index contributed by atoms with van der Waals surface area (Å²) in [7, 11) is 0. The first-order chi connectivity index (χ1) is 16.1. The fraction of sp³-hybridized carbons (Fsp3) is 0.167. The van der Waals surface area contributed by atoms with E-state index in [4.69, 9.17) is 4.74 Å². The number of aromatic amines is 1. The molecule has 0 spiro atoms. The Bertz CT molecular complexity index is 1370. The van der Waals surface area contributed by atoms with Gasteiger partial charge in [0, 0.05) is 16.6 Å². The number of anilines is 2. The molecule has 3 N–H and O–H groups in total. The SMILES string of the molecule is Cc1ccc(NC(=O)Nc2n[nH]c3ccc(OCc4ccc(F)cc4C(F)(F)F)cc23)c(C)c1. The van der Waals surface area contributed by atoms with E-state index in [0.717, 1.165) is 23.3 Å². The minimum absolute atomic E-state index is 0.201. The van der Waals surface area contributed by atoms with Crippen LogP contribution in [0.4, 0.5) is 33.9 Å². The van der Waals surface area contributed by atoms with Crippen molar-refractivity contribution < 1.29 is 27.1 Å². The maximum atomic E-state index is 13.3. The van der Waals surface area contributed by atoms with Crippen molar-refractivity contribution in [2.24, 2.45) is 0 Å². The van der Waals surface area contributed by atoms with Gasteiger partial charge in [0.25, 0.3) is 0 Å². The Morgan fingerprint density at radius 2 is 1.82 bits per heavy atom. The number of alkyl halides is 3. The van der Waals surface area contributed by atoms with Gasteiger partial charge in [0.1, 0.15) is 18.2 Å². The fourth-order valence-corrected chi connectivity index (χ4v) is 3.49. The van der Waals surface area contributed by atoms with Crippen molar-refractivity contribution in [2.75, 3.05) is 10.6 Å². The number of urea groups is 1. The highest BCUT2D eigenvalue weighted by molar-refractivity contribution is 6.05. The molecule has 0 bridgehead atoms. The largest absolute Gasteiger partial charge is 0.489 e. The zero-order valence-corrected chi connectivity index (χ0v) is 18.2. The van der Waals surface area contributed by atoms with E-state index in [-0.39, 0.29) is 17.1 Å². The number of halogens is 4. The Morgan fingerprint density at radius 1 is 1.03 bits per heavy atom. The van der Waals surface area contributed by atoms with Crippen molar-refractivity contribution >= 4 is 28.4 Å². The molecule has 0 radical (unpaired) electrons. The molecule has 0 fully saturated rings. The quantitative estimate of drug-likeness (QED) is 0.288. The third-order valence-electron chi connectivity index (χ3n) is 5.17. The summed E-state index contributed by atoms with van der Waals surface area (Å²) in [5, 5.41) is 12.8. The molecule has 34 heavy (non-hydrogen) atoms. The molecule has 0 atom stereocenters. The minimum atomic E-state index is -4.71. The third kappa shape index (κ3) is 5.11. The van der Waals surface area contributed by atoms with Crippen LogP contribution in [-0.4, -0.2) is 16.2 Å². The van der Waals surface area contributed by atoms with Gasteiger partial charge < -0.3 is 10.1 Å². The monoisotopic (exact) mass is 472 g/mol. The van der Waals surface area contributed by atoms with Gasteiger partial charge in [-0.3, -0.25) is 10.4 Å². The molecular weight excluding hydrogens is 452 g/mol. The first-order valence-corrected chi connectivity index (χ1v) is 10.2. The van der Waals surface area contributed by atoms with Crippen molar-refractivity contribution in [1.82, 2.24) is 10.2 Å². The maximum Gasteiger partial charge on any atom is 0.416 e.